The molecule has 2 aliphatic rings. The van der Waals surface area contributed by atoms with Gasteiger partial charge < -0.3 is 15.3 Å². The number of anilines is 2. The first-order chi connectivity index (χ1) is 7.66. The maximum absolute atomic E-state index is 11.6. The Hall–Kier alpha value is -2.11. The molecule has 0 bridgehead atoms. The maximum atomic E-state index is 11.6. The normalized spacial score (nSPS) is 21.6. The third-order valence-corrected chi connectivity index (χ3v) is 2.97. The Kier molecular flexibility index (Phi) is 1.68. The Bertz CT molecular complexity index is 500. The van der Waals surface area contributed by atoms with Crippen LogP contribution in [0.5, 0.6) is 0 Å². The first kappa shape index (κ1) is 9.14. The van der Waals surface area contributed by atoms with Crippen LogP contribution >= 0.6 is 0 Å². The third-order valence-electron chi connectivity index (χ3n) is 2.97. The van der Waals surface area contributed by atoms with Gasteiger partial charge in [-0.2, -0.15) is 0 Å². The number of aromatic carboxylic acids is 1. The number of fused-ring (bicyclic) bond motifs is 3. The first-order valence-corrected chi connectivity index (χ1v) is 4.97. The third kappa shape index (κ3) is 1.09. The van der Waals surface area contributed by atoms with Gasteiger partial charge in [-0.05, 0) is 12.5 Å². The zero-order chi connectivity index (χ0) is 11.3. The summed E-state index contributed by atoms with van der Waals surface area (Å²) < 4.78 is 0. The van der Waals surface area contributed by atoms with Gasteiger partial charge >= 0.3 is 5.97 Å². The summed E-state index contributed by atoms with van der Waals surface area (Å²) in [5.41, 5.74) is 0.568. The standard InChI is InChI=1S/C10H9N3O3/c14-9-7-1-2-13(7)8-6(12-9)3-5(4-11-8)10(15)16/h3-4,7H,1-2H2,(H,12,14)(H,15,16). The number of amides is 1. The van der Waals surface area contributed by atoms with Gasteiger partial charge in [0.15, 0.2) is 5.82 Å². The zero-order valence-electron chi connectivity index (χ0n) is 8.30. The minimum absolute atomic E-state index is 0.0805. The van der Waals surface area contributed by atoms with Crippen molar-refractivity contribution in [1.82, 2.24) is 4.98 Å². The number of nitrogens with zero attached hydrogens (tertiary/aromatic N) is 2. The second-order valence-electron chi connectivity index (χ2n) is 3.89. The summed E-state index contributed by atoms with van der Waals surface area (Å²) >= 11 is 0. The van der Waals surface area contributed by atoms with Gasteiger partial charge in [0, 0.05) is 12.7 Å². The average molecular weight is 219 g/mol. The number of carbonyl (C=O) groups is 2. The van der Waals surface area contributed by atoms with E-state index < -0.39 is 5.97 Å². The van der Waals surface area contributed by atoms with Gasteiger partial charge in [0.05, 0.1) is 11.3 Å². The van der Waals surface area contributed by atoms with Crippen molar-refractivity contribution in [1.29, 1.82) is 0 Å². The summed E-state index contributed by atoms with van der Waals surface area (Å²) in [4.78, 5) is 28.3. The number of aromatic nitrogens is 1. The van der Waals surface area contributed by atoms with Crippen LogP contribution in [0.4, 0.5) is 11.5 Å². The Morgan fingerprint density at radius 1 is 1.62 bits per heavy atom. The van der Waals surface area contributed by atoms with E-state index >= 15 is 0 Å². The molecule has 16 heavy (non-hydrogen) atoms. The van der Waals surface area contributed by atoms with Crippen LogP contribution in [-0.4, -0.2) is 34.6 Å². The Morgan fingerprint density at radius 3 is 3.06 bits per heavy atom. The molecular weight excluding hydrogens is 210 g/mol. The minimum Gasteiger partial charge on any atom is -0.478 e. The monoisotopic (exact) mass is 219 g/mol. The van der Waals surface area contributed by atoms with Crippen molar-refractivity contribution in [2.75, 3.05) is 16.8 Å². The fraction of sp³-hybridized carbons (Fsp3) is 0.300. The van der Waals surface area contributed by atoms with Gasteiger partial charge in [-0.25, -0.2) is 9.78 Å². The lowest BCUT2D eigenvalue weighted by Crippen LogP contribution is -2.57. The van der Waals surface area contributed by atoms with Crippen LogP contribution in [0, 0.1) is 0 Å². The molecule has 0 aromatic carbocycles. The molecule has 3 rings (SSSR count). The van der Waals surface area contributed by atoms with Crippen LogP contribution in [0.1, 0.15) is 16.8 Å². The van der Waals surface area contributed by atoms with Gasteiger partial charge in [-0.3, -0.25) is 4.79 Å². The topological polar surface area (TPSA) is 82.5 Å². The number of carbonyl (C=O) groups excluding carboxylic acids is 1. The summed E-state index contributed by atoms with van der Waals surface area (Å²) in [5.74, 6) is -0.459. The quantitative estimate of drug-likeness (QED) is 0.710. The smallest absolute Gasteiger partial charge is 0.337 e. The second kappa shape index (κ2) is 2.94. The predicted molar refractivity (Wildman–Crippen MR) is 55.6 cm³/mol. The van der Waals surface area contributed by atoms with Crippen molar-refractivity contribution < 1.29 is 14.7 Å². The maximum Gasteiger partial charge on any atom is 0.337 e. The van der Waals surface area contributed by atoms with Crippen LogP contribution in [0.25, 0.3) is 0 Å². The number of rotatable bonds is 1. The summed E-state index contributed by atoms with van der Waals surface area (Å²) in [5, 5.41) is 11.5. The number of nitrogens with one attached hydrogen (secondary N) is 1. The van der Waals surface area contributed by atoms with Crippen LogP contribution in [0.3, 0.4) is 0 Å². The van der Waals surface area contributed by atoms with Crippen molar-refractivity contribution in [3.05, 3.63) is 17.8 Å². The van der Waals surface area contributed by atoms with Crippen molar-refractivity contribution in [3.8, 4) is 0 Å². The number of carboxylic acid groups (broad SMARTS) is 1. The molecule has 2 N–H and O–H groups in total. The molecule has 1 saturated heterocycles. The summed E-state index contributed by atoms with van der Waals surface area (Å²) in [6, 6.07) is 1.31. The van der Waals surface area contributed by atoms with Gasteiger partial charge in [0.25, 0.3) is 0 Å². The Morgan fingerprint density at radius 2 is 2.44 bits per heavy atom. The molecule has 0 saturated carbocycles. The highest BCUT2D eigenvalue weighted by Gasteiger charge is 2.40. The zero-order valence-corrected chi connectivity index (χ0v) is 8.30. The molecule has 1 aromatic rings. The van der Waals surface area contributed by atoms with E-state index in [1.165, 1.54) is 12.3 Å². The molecule has 1 amide bonds. The van der Waals surface area contributed by atoms with Crippen molar-refractivity contribution >= 4 is 23.4 Å². The van der Waals surface area contributed by atoms with Crippen LogP contribution < -0.4 is 10.2 Å². The van der Waals surface area contributed by atoms with Crippen LogP contribution in [0.2, 0.25) is 0 Å². The van der Waals surface area contributed by atoms with Crippen molar-refractivity contribution in [3.63, 3.8) is 0 Å². The lowest BCUT2D eigenvalue weighted by atomic mass is 9.99. The fourth-order valence-corrected chi connectivity index (χ4v) is 2.02. The van der Waals surface area contributed by atoms with Crippen LogP contribution in [-0.2, 0) is 4.79 Å². The first-order valence-electron chi connectivity index (χ1n) is 4.97. The average Bonchev–Trinajstić information content (AvgIpc) is 2.16. The molecule has 1 aromatic heterocycles. The second-order valence-corrected chi connectivity index (χ2v) is 3.89. The summed E-state index contributed by atoms with van der Waals surface area (Å²) in [6.07, 6.45) is 2.14. The molecule has 6 nitrogen and oxygen atoms in total. The molecule has 3 heterocycles. The largest absolute Gasteiger partial charge is 0.478 e. The highest BCUT2D eigenvalue weighted by molar-refractivity contribution is 6.05. The number of pyridine rings is 1. The molecular formula is C10H9N3O3. The van der Waals surface area contributed by atoms with E-state index in [2.05, 4.69) is 10.3 Å². The molecule has 1 unspecified atom stereocenters. The number of carboxylic acids is 1. The van der Waals surface area contributed by atoms with E-state index in [1.807, 2.05) is 4.90 Å². The molecule has 82 valence electrons. The fourth-order valence-electron chi connectivity index (χ4n) is 2.02. The van der Waals surface area contributed by atoms with E-state index in [-0.39, 0.29) is 17.5 Å². The minimum atomic E-state index is -1.05. The van der Waals surface area contributed by atoms with E-state index in [9.17, 15) is 9.59 Å². The SMILES string of the molecule is O=C(O)c1cnc2c(c1)NC(=O)C1CCN21. The number of hydrogen-bond acceptors (Lipinski definition) is 4. The number of hydrogen-bond donors (Lipinski definition) is 2. The van der Waals surface area contributed by atoms with E-state index in [0.717, 1.165) is 13.0 Å². The predicted octanol–water partition coefficient (Wildman–Crippen LogP) is 0.311. The molecule has 0 aliphatic carbocycles. The molecule has 0 radical (unpaired) electrons. The lowest BCUT2D eigenvalue weighted by molar-refractivity contribution is -0.118. The Balaban J connectivity index is 2.07. The van der Waals surface area contributed by atoms with E-state index in [4.69, 9.17) is 5.11 Å². The molecule has 2 aliphatic heterocycles. The summed E-state index contributed by atoms with van der Waals surface area (Å²) in [6.45, 7) is 0.796. The van der Waals surface area contributed by atoms with Gasteiger partial charge in [0.2, 0.25) is 5.91 Å². The van der Waals surface area contributed by atoms with Crippen LogP contribution in [0.15, 0.2) is 12.3 Å². The molecule has 0 spiro atoms. The van der Waals surface area contributed by atoms with Gasteiger partial charge in [-0.15, -0.1) is 0 Å². The molecule has 6 heteroatoms. The van der Waals surface area contributed by atoms with E-state index in [0.29, 0.717) is 11.5 Å². The lowest BCUT2D eigenvalue weighted by Gasteiger charge is -2.44. The van der Waals surface area contributed by atoms with Crippen molar-refractivity contribution in [2.24, 2.45) is 0 Å². The highest BCUT2D eigenvalue weighted by atomic mass is 16.4. The molecule has 1 atom stereocenters. The highest BCUT2D eigenvalue weighted by Crippen LogP contribution is 2.36. The van der Waals surface area contributed by atoms with E-state index in [1.54, 1.807) is 0 Å². The van der Waals surface area contributed by atoms with Crippen molar-refractivity contribution in [2.45, 2.75) is 12.5 Å². The summed E-state index contributed by atoms with van der Waals surface area (Å²) in [7, 11) is 0. The Labute approximate surface area is 90.9 Å². The van der Waals surface area contributed by atoms with Gasteiger partial charge in [-0.1, -0.05) is 0 Å². The molecule has 1 fully saturated rings. The van der Waals surface area contributed by atoms with Gasteiger partial charge in [0.1, 0.15) is 6.04 Å².